The zero-order valence-electron chi connectivity index (χ0n) is 11.2. The Labute approximate surface area is 100 Å². The van der Waals surface area contributed by atoms with E-state index in [1.807, 2.05) is 0 Å². The number of unbranched alkanes of at least 4 members (excludes halogenated alkanes) is 2. The number of hydrogen-bond acceptors (Lipinski definition) is 3. The van der Waals surface area contributed by atoms with Gasteiger partial charge in [-0.2, -0.15) is 0 Å². The van der Waals surface area contributed by atoms with E-state index in [2.05, 4.69) is 25.7 Å². The van der Waals surface area contributed by atoms with Crippen LogP contribution in [-0.2, 0) is 4.74 Å². The summed E-state index contributed by atoms with van der Waals surface area (Å²) in [6, 6.07) is 0.275. The lowest BCUT2D eigenvalue weighted by Crippen LogP contribution is -2.59. The van der Waals surface area contributed by atoms with Crippen molar-refractivity contribution in [1.29, 1.82) is 0 Å². The Balaban J connectivity index is 2.40. The lowest BCUT2D eigenvalue weighted by atomic mass is 9.88. The van der Waals surface area contributed by atoms with Crippen molar-refractivity contribution in [2.75, 3.05) is 26.3 Å². The first-order valence-corrected chi connectivity index (χ1v) is 6.67. The van der Waals surface area contributed by atoms with Crippen LogP contribution in [0.15, 0.2) is 0 Å². The average molecular weight is 228 g/mol. The Hall–Kier alpha value is -0.120. The fourth-order valence-electron chi connectivity index (χ4n) is 2.34. The van der Waals surface area contributed by atoms with Gasteiger partial charge in [0.25, 0.3) is 0 Å². The zero-order chi connectivity index (χ0) is 12.0. The molecule has 0 aromatic carbocycles. The maximum absolute atomic E-state index is 6.34. The van der Waals surface area contributed by atoms with Crippen LogP contribution in [0.25, 0.3) is 0 Å². The molecule has 2 N–H and O–H groups in total. The van der Waals surface area contributed by atoms with Gasteiger partial charge in [-0.25, -0.2) is 0 Å². The summed E-state index contributed by atoms with van der Waals surface area (Å²) in [6.07, 6.45) is 4.96. The second-order valence-electron chi connectivity index (χ2n) is 5.36. The van der Waals surface area contributed by atoms with Crippen molar-refractivity contribution >= 4 is 0 Å². The van der Waals surface area contributed by atoms with Crippen molar-refractivity contribution in [2.24, 2.45) is 5.73 Å². The summed E-state index contributed by atoms with van der Waals surface area (Å²) in [5.41, 5.74) is 6.45. The molecule has 96 valence electrons. The molecule has 0 aliphatic carbocycles. The van der Waals surface area contributed by atoms with Crippen molar-refractivity contribution in [1.82, 2.24) is 4.90 Å². The Morgan fingerprint density at radius 1 is 1.25 bits per heavy atom. The molecule has 1 atom stereocenters. The predicted molar refractivity (Wildman–Crippen MR) is 68.6 cm³/mol. The maximum Gasteiger partial charge on any atom is 0.0594 e. The Bertz CT molecular complexity index is 188. The summed E-state index contributed by atoms with van der Waals surface area (Å²) in [4.78, 5) is 2.48. The summed E-state index contributed by atoms with van der Waals surface area (Å²) in [5, 5.41) is 0. The highest BCUT2D eigenvalue weighted by Gasteiger charge is 2.33. The van der Waals surface area contributed by atoms with Gasteiger partial charge in [0.1, 0.15) is 0 Å². The van der Waals surface area contributed by atoms with Gasteiger partial charge in [-0.1, -0.05) is 26.2 Å². The van der Waals surface area contributed by atoms with Gasteiger partial charge in [0.2, 0.25) is 0 Å². The summed E-state index contributed by atoms with van der Waals surface area (Å²) in [6.45, 7) is 10.5. The topological polar surface area (TPSA) is 38.5 Å². The SMILES string of the molecule is CCCCCC(N)C(C)(C)N1CCOCC1. The molecule has 3 nitrogen and oxygen atoms in total. The van der Waals surface area contributed by atoms with Gasteiger partial charge in [0, 0.05) is 24.7 Å². The number of morpholine rings is 1. The van der Waals surface area contributed by atoms with Crippen LogP contribution in [0.2, 0.25) is 0 Å². The van der Waals surface area contributed by atoms with Gasteiger partial charge >= 0.3 is 0 Å². The molecule has 0 radical (unpaired) electrons. The number of rotatable bonds is 6. The molecular weight excluding hydrogens is 200 g/mol. The summed E-state index contributed by atoms with van der Waals surface area (Å²) < 4.78 is 5.39. The van der Waals surface area contributed by atoms with Gasteiger partial charge in [0.05, 0.1) is 13.2 Å². The van der Waals surface area contributed by atoms with Crippen molar-refractivity contribution in [2.45, 2.75) is 58.0 Å². The molecule has 1 aliphatic rings. The summed E-state index contributed by atoms with van der Waals surface area (Å²) in [5.74, 6) is 0. The van der Waals surface area contributed by atoms with Gasteiger partial charge in [-0.15, -0.1) is 0 Å². The molecule has 16 heavy (non-hydrogen) atoms. The van der Waals surface area contributed by atoms with Gasteiger partial charge in [0.15, 0.2) is 0 Å². The normalized spacial score (nSPS) is 21.0. The van der Waals surface area contributed by atoms with E-state index in [9.17, 15) is 0 Å². The van der Waals surface area contributed by atoms with Crippen LogP contribution in [0.5, 0.6) is 0 Å². The van der Waals surface area contributed by atoms with E-state index in [1.165, 1.54) is 19.3 Å². The molecule has 1 rings (SSSR count). The Morgan fingerprint density at radius 3 is 2.44 bits per heavy atom. The third-order valence-corrected chi connectivity index (χ3v) is 3.85. The van der Waals surface area contributed by atoms with Gasteiger partial charge < -0.3 is 10.5 Å². The van der Waals surface area contributed by atoms with E-state index < -0.39 is 0 Å². The predicted octanol–water partition coefficient (Wildman–Crippen LogP) is 2.00. The second-order valence-corrected chi connectivity index (χ2v) is 5.36. The minimum absolute atomic E-state index is 0.109. The quantitative estimate of drug-likeness (QED) is 0.707. The van der Waals surface area contributed by atoms with Crippen LogP contribution < -0.4 is 5.73 Å². The minimum Gasteiger partial charge on any atom is -0.379 e. The van der Waals surface area contributed by atoms with E-state index in [1.54, 1.807) is 0 Å². The van der Waals surface area contributed by atoms with Crippen molar-refractivity contribution < 1.29 is 4.74 Å². The highest BCUT2D eigenvalue weighted by atomic mass is 16.5. The molecule has 3 heteroatoms. The van der Waals surface area contributed by atoms with Gasteiger partial charge in [-0.3, -0.25) is 4.90 Å². The molecular formula is C13H28N2O. The standard InChI is InChI=1S/C13H28N2O/c1-4-5-6-7-12(14)13(2,3)15-8-10-16-11-9-15/h12H,4-11,14H2,1-3H3. The third kappa shape index (κ3) is 3.72. The van der Waals surface area contributed by atoms with E-state index in [0.29, 0.717) is 0 Å². The molecule has 0 aromatic heterocycles. The van der Waals surface area contributed by atoms with E-state index in [-0.39, 0.29) is 11.6 Å². The molecule has 1 fully saturated rings. The third-order valence-electron chi connectivity index (χ3n) is 3.85. The molecule has 1 unspecified atom stereocenters. The summed E-state index contributed by atoms with van der Waals surface area (Å²) >= 11 is 0. The first-order chi connectivity index (χ1) is 7.59. The molecule has 0 bridgehead atoms. The van der Waals surface area contributed by atoms with Crippen LogP contribution in [0.1, 0.15) is 46.5 Å². The fraction of sp³-hybridized carbons (Fsp3) is 1.00. The van der Waals surface area contributed by atoms with E-state index in [4.69, 9.17) is 10.5 Å². The minimum atomic E-state index is 0.109. The van der Waals surface area contributed by atoms with Crippen LogP contribution in [0.4, 0.5) is 0 Å². The number of ether oxygens (including phenoxy) is 1. The molecule has 0 spiro atoms. The molecule has 0 aromatic rings. The van der Waals surface area contributed by atoms with Crippen LogP contribution in [-0.4, -0.2) is 42.8 Å². The average Bonchev–Trinajstić information content (AvgIpc) is 2.30. The largest absolute Gasteiger partial charge is 0.379 e. The number of hydrogen-bond donors (Lipinski definition) is 1. The first kappa shape index (κ1) is 13.9. The second kappa shape index (κ2) is 6.58. The Kier molecular flexibility index (Phi) is 5.73. The smallest absolute Gasteiger partial charge is 0.0594 e. The zero-order valence-corrected chi connectivity index (χ0v) is 11.2. The molecule has 0 amide bonds. The van der Waals surface area contributed by atoms with Crippen LogP contribution in [0.3, 0.4) is 0 Å². The van der Waals surface area contributed by atoms with Crippen molar-refractivity contribution in [3.8, 4) is 0 Å². The van der Waals surface area contributed by atoms with Crippen LogP contribution >= 0.6 is 0 Å². The van der Waals surface area contributed by atoms with E-state index >= 15 is 0 Å². The van der Waals surface area contributed by atoms with Crippen LogP contribution in [0, 0.1) is 0 Å². The van der Waals surface area contributed by atoms with E-state index in [0.717, 1.165) is 32.7 Å². The number of nitrogens with two attached hydrogens (primary N) is 1. The lowest BCUT2D eigenvalue weighted by Gasteiger charge is -2.44. The highest BCUT2D eigenvalue weighted by Crippen LogP contribution is 2.22. The van der Waals surface area contributed by atoms with Crippen molar-refractivity contribution in [3.63, 3.8) is 0 Å². The lowest BCUT2D eigenvalue weighted by molar-refractivity contribution is -0.0197. The first-order valence-electron chi connectivity index (χ1n) is 6.67. The van der Waals surface area contributed by atoms with Gasteiger partial charge in [-0.05, 0) is 20.3 Å². The molecule has 0 saturated carbocycles. The van der Waals surface area contributed by atoms with Crippen molar-refractivity contribution in [3.05, 3.63) is 0 Å². The fourth-order valence-corrected chi connectivity index (χ4v) is 2.34. The maximum atomic E-state index is 6.34. The monoisotopic (exact) mass is 228 g/mol. The summed E-state index contributed by atoms with van der Waals surface area (Å²) in [7, 11) is 0. The number of nitrogens with zero attached hydrogens (tertiary/aromatic N) is 1. The molecule has 1 aliphatic heterocycles. The molecule has 1 saturated heterocycles. The highest BCUT2D eigenvalue weighted by molar-refractivity contribution is 4.92. The molecule has 1 heterocycles. The Morgan fingerprint density at radius 2 is 1.88 bits per heavy atom.